The predicted molar refractivity (Wildman–Crippen MR) is 86.6 cm³/mol. The third kappa shape index (κ3) is 6.94. The van der Waals surface area contributed by atoms with E-state index >= 15 is 0 Å². The van der Waals surface area contributed by atoms with Gasteiger partial charge in [-0.25, -0.2) is 9.59 Å². The maximum atomic E-state index is 12.5. The van der Waals surface area contributed by atoms with Crippen molar-refractivity contribution in [1.29, 1.82) is 0 Å². The molecular weight excluding hydrogens is 415 g/mol. The standard InChI is InChI=1S/C17H28NO6.Ru/c1-10(2)9-11(16(3,4)18)13(19)24-17(5,6)15(21)23-12-7-8-22-14(12)20;/h10,12H,7-9,18H2,1-6H3;/q-1;+1. The number of rotatable bonds is 7. The second-order valence-electron chi connectivity index (χ2n) is 7.55. The van der Waals surface area contributed by atoms with Crippen LogP contribution in [0.15, 0.2) is 0 Å². The normalized spacial score (nSPS) is 17.6. The minimum Gasteiger partial charge on any atom is -0.470 e. The molecule has 1 atom stereocenters. The first kappa shape index (κ1) is 23.9. The summed E-state index contributed by atoms with van der Waals surface area (Å²) in [7, 11) is 0. The molecule has 0 spiro atoms. The Morgan fingerprint density at radius 3 is 2.28 bits per heavy atom. The smallest absolute Gasteiger partial charge is 0.470 e. The number of nitrogens with two attached hydrogens (primary N) is 1. The fraction of sp³-hybridized carbons (Fsp3) is 0.765. The summed E-state index contributed by atoms with van der Waals surface area (Å²) >= 11 is 0. The molecule has 1 fully saturated rings. The molecule has 8 heteroatoms. The second-order valence-corrected chi connectivity index (χ2v) is 7.55. The van der Waals surface area contributed by atoms with Gasteiger partial charge in [0.2, 0.25) is 11.7 Å². The van der Waals surface area contributed by atoms with Crippen molar-refractivity contribution in [3.63, 3.8) is 0 Å². The Hall–Kier alpha value is -1.14. The largest absolute Gasteiger partial charge is 1.00 e. The van der Waals surface area contributed by atoms with Gasteiger partial charge in [-0.1, -0.05) is 39.2 Å². The van der Waals surface area contributed by atoms with Crippen molar-refractivity contribution in [2.45, 2.75) is 71.6 Å². The maximum absolute atomic E-state index is 12.5. The van der Waals surface area contributed by atoms with Crippen LogP contribution in [-0.4, -0.2) is 41.8 Å². The van der Waals surface area contributed by atoms with Crippen molar-refractivity contribution in [2.75, 3.05) is 6.61 Å². The Labute approximate surface area is 162 Å². The first-order chi connectivity index (χ1) is 10.8. The molecule has 1 heterocycles. The van der Waals surface area contributed by atoms with Crippen molar-refractivity contribution in [3.05, 3.63) is 5.92 Å². The van der Waals surface area contributed by atoms with Crippen LogP contribution >= 0.6 is 0 Å². The minimum absolute atomic E-state index is 0. The number of ether oxygens (including phenoxy) is 3. The summed E-state index contributed by atoms with van der Waals surface area (Å²) < 4.78 is 15.2. The van der Waals surface area contributed by atoms with Crippen LogP contribution in [0, 0.1) is 11.8 Å². The van der Waals surface area contributed by atoms with Crippen molar-refractivity contribution in [3.8, 4) is 0 Å². The third-order valence-electron chi connectivity index (χ3n) is 3.61. The molecule has 25 heavy (non-hydrogen) atoms. The maximum Gasteiger partial charge on any atom is 1.00 e. The zero-order valence-corrected chi connectivity index (χ0v) is 17.4. The summed E-state index contributed by atoms with van der Waals surface area (Å²) in [5, 5.41) is 0. The van der Waals surface area contributed by atoms with Gasteiger partial charge in [-0.2, -0.15) is 6.42 Å². The molecular formula is C17H28NO6Ru. The molecule has 0 aromatic rings. The van der Waals surface area contributed by atoms with Crippen LogP contribution in [-0.2, 0) is 48.1 Å². The number of esters is 3. The molecule has 1 radical (unpaired) electrons. The van der Waals surface area contributed by atoms with Gasteiger partial charge < -0.3 is 19.9 Å². The second kappa shape index (κ2) is 8.99. The summed E-state index contributed by atoms with van der Waals surface area (Å²) in [6.07, 6.45) is -0.182. The van der Waals surface area contributed by atoms with E-state index < -0.39 is 35.2 Å². The summed E-state index contributed by atoms with van der Waals surface area (Å²) in [6.45, 7) is 10.4. The Balaban J connectivity index is 0.00000576. The molecule has 7 nitrogen and oxygen atoms in total. The fourth-order valence-electron chi connectivity index (χ4n) is 2.21. The molecule has 0 aliphatic carbocycles. The van der Waals surface area contributed by atoms with Crippen LogP contribution in [0.5, 0.6) is 0 Å². The molecule has 145 valence electrons. The van der Waals surface area contributed by atoms with Gasteiger partial charge in [-0.3, -0.25) is 10.7 Å². The van der Waals surface area contributed by atoms with Crippen LogP contribution in [0.1, 0.15) is 54.4 Å². The molecule has 0 amide bonds. The minimum atomic E-state index is -1.53. The molecule has 1 aliphatic rings. The Bertz CT molecular complexity index is 498. The van der Waals surface area contributed by atoms with Gasteiger partial charge in [0.1, 0.15) is 0 Å². The number of carbonyl (C=O) groups excluding carboxylic acids is 3. The number of hydrogen-bond acceptors (Lipinski definition) is 7. The first-order valence-corrected chi connectivity index (χ1v) is 8.11. The van der Waals surface area contributed by atoms with Gasteiger partial charge in [-0.05, 0) is 13.8 Å². The fourth-order valence-corrected chi connectivity index (χ4v) is 2.21. The quantitative estimate of drug-likeness (QED) is 0.275. The summed E-state index contributed by atoms with van der Waals surface area (Å²) in [5.74, 6) is -1.40. The SMILES string of the molecule is CC(C)C[C-](C(=O)OC(C)(C)C(=O)OC1CCOC1=O)C(C)(C)N.[Ru+]. The van der Waals surface area contributed by atoms with Gasteiger partial charge in [0.25, 0.3) is 0 Å². The van der Waals surface area contributed by atoms with Crippen molar-refractivity contribution < 1.29 is 48.1 Å². The zero-order chi connectivity index (χ0) is 18.7. The first-order valence-electron chi connectivity index (χ1n) is 8.11. The Morgan fingerprint density at radius 2 is 1.88 bits per heavy atom. The topological polar surface area (TPSA) is 105 Å². The van der Waals surface area contributed by atoms with Crippen molar-refractivity contribution in [2.24, 2.45) is 11.7 Å². The van der Waals surface area contributed by atoms with E-state index in [0.29, 0.717) is 18.8 Å². The average molecular weight is 443 g/mol. The van der Waals surface area contributed by atoms with Gasteiger partial charge in [0, 0.05) is 6.42 Å². The monoisotopic (exact) mass is 444 g/mol. The number of cyclic esters (lactones) is 1. The van der Waals surface area contributed by atoms with Crippen LogP contribution < -0.4 is 5.73 Å². The van der Waals surface area contributed by atoms with E-state index in [0.717, 1.165) is 0 Å². The summed E-state index contributed by atoms with van der Waals surface area (Å²) in [5.41, 5.74) is 3.66. The van der Waals surface area contributed by atoms with E-state index in [1.54, 1.807) is 13.8 Å². The van der Waals surface area contributed by atoms with E-state index in [2.05, 4.69) is 0 Å². The van der Waals surface area contributed by atoms with Crippen LogP contribution in [0.3, 0.4) is 0 Å². The predicted octanol–water partition coefficient (Wildman–Crippen LogP) is 1.52. The summed E-state index contributed by atoms with van der Waals surface area (Å²) in [6, 6.07) is 0. The van der Waals surface area contributed by atoms with Crippen molar-refractivity contribution in [1.82, 2.24) is 0 Å². The van der Waals surface area contributed by atoms with Crippen molar-refractivity contribution >= 4 is 17.9 Å². The third-order valence-corrected chi connectivity index (χ3v) is 3.61. The van der Waals surface area contributed by atoms with Crippen LogP contribution in [0.2, 0.25) is 0 Å². The molecule has 0 aromatic heterocycles. The zero-order valence-electron chi connectivity index (χ0n) is 15.7. The van der Waals surface area contributed by atoms with Crippen LogP contribution in [0.25, 0.3) is 0 Å². The average Bonchev–Trinajstić information content (AvgIpc) is 2.79. The van der Waals surface area contributed by atoms with E-state index in [9.17, 15) is 14.4 Å². The number of hydrogen-bond donors (Lipinski definition) is 1. The van der Waals surface area contributed by atoms with Gasteiger partial charge in [-0.15, -0.1) is 0 Å². The van der Waals surface area contributed by atoms with E-state index in [1.807, 2.05) is 13.8 Å². The molecule has 1 unspecified atom stereocenters. The van der Waals surface area contributed by atoms with Crippen LogP contribution in [0.4, 0.5) is 0 Å². The van der Waals surface area contributed by atoms with E-state index in [-0.39, 0.29) is 32.0 Å². The molecule has 1 saturated heterocycles. The Kier molecular flexibility index (Phi) is 8.58. The molecule has 0 aromatic carbocycles. The summed E-state index contributed by atoms with van der Waals surface area (Å²) in [4.78, 5) is 36.1. The Morgan fingerprint density at radius 1 is 1.32 bits per heavy atom. The molecule has 0 bridgehead atoms. The molecule has 0 saturated carbocycles. The van der Waals surface area contributed by atoms with Gasteiger partial charge >= 0.3 is 31.4 Å². The number of carbonyl (C=O) groups is 3. The van der Waals surface area contributed by atoms with Gasteiger partial charge in [0.05, 0.1) is 6.61 Å². The molecule has 2 N–H and O–H groups in total. The van der Waals surface area contributed by atoms with E-state index in [4.69, 9.17) is 19.9 Å². The molecule has 1 aliphatic heterocycles. The van der Waals surface area contributed by atoms with Gasteiger partial charge in [0.15, 0.2) is 5.97 Å². The van der Waals surface area contributed by atoms with E-state index in [1.165, 1.54) is 13.8 Å². The molecule has 1 rings (SSSR count).